The van der Waals surface area contributed by atoms with E-state index >= 15 is 0 Å². The van der Waals surface area contributed by atoms with Crippen LogP contribution in [0.4, 0.5) is 0 Å². The van der Waals surface area contributed by atoms with Crippen LogP contribution >= 0.6 is 0 Å². The molecule has 0 spiro atoms. The average Bonchev–Trinajstić information content (AvgIpc) is 2.70. The number of aromatic nitrogens is 3. The predicted octanol–water partition coefficient (Wildman–Crippen LogP) is 2.16. The van der Waals surface area contributed by atoms with Crippen molar-refractivity contribution in [2.75, 3.05) is 6.54 Å². The molecule has 2 rings (SSSR count). The van der Waals surface area contributed by atoms with E-state index in [-0.39, 0.29) is 5.60 Å². The van der Waals surface area contributed by atoms with E-state index in [4.69, 9.17) is 10.5 Å². The zero-order valence-corrected chi connectivity index (χ0v) is 12.6. The maximum absolute atomic E-state index is 5.80. The summed E-state index contributed by atoms with van der Waals surface area (Å²) in [5.41, 5.74) is 6.34. The summed E-state index contributed by atoms with van der Waals surface area (Å²) in [5.74, 6) is 2.47. The van der Waals surface area contributed by atoms with Gasteiger partial charge in [-0.15, -0.1) is 0 Å². The fraction of sp³-hybridized carbons (Fsp3) is 0.467. The molecule has 5 nitrogen and oxygen atoms in total. The first-order chi connectivity index (χ1) is 9.39. The van der Waals surface area contributed by atoms with Crippen molar-refractivity contribution < 1.29 is 4.74 Å². The minimum Gasteiger partial charge on any atom is -0.488 e. The van der Waals surface area contributed by atoms with Crippen LogP contribution in [0.5, 0.6) is 5.75 Å². The number of benzene rings is 1. The highest BCUT2D eigenvalue weighted by atomic mass is 16.5. The minimum atomic E-state index is -0.195. The van der Waals surface area contributed by atoms with Crippen LogP contribution in [0.2, 0.25) is 0 Å². The van der Waals surface area contributed by atoms with Gasteiger partial charge in [0.2, 0.25) is 0 Å². The van der Waals surface area contributed by atoms with E-state index in [1.165, 1.54) is 0 Å². The van der Waals surface area contributed by atoms with Crippen LogP contribution in [0.15, 0.2) is 24.3 Å². The summed E-state index contributed by atoms with van der Waals surface area (Å²) in [7, 11) is 1.89. The van der Waals surface area contributed by atoms with Crippen molar-refractivity contribution in [3.63, 3.8) is 0 Å². The standard InChI is InChI=1S/C15H22N4O/c1-15(2,3)20-12-7-5-11(6-8-12)14-17-13(9-10-16)19(4)18-14/h5-8H,9-10,16H2,1-4H3. The van der Waals surface area contributed by atoms with Crippen molar-refractivity contribution in [3.8, 4) is 17.1 Å². The van der Waals surface area contributed by atoms with Crippen LogP contribution in [0.25, 0.3) is 11.4 Å². The minimum absolute atomic E-state index is 0.195. The molecule has 1 aromatic carbocycles. The molecule has 0 aliphatic heterocycles. The van der Waals surface area contributed by atoms with Gasteiger partial charge < -0.3 is 10.5 Å². The van der Waals surface area contributed by atoms with E-state index in [1.807, 2.05) is 52.1 Å². The second-order valence-electron chi connectivity index (χ2n) is 5.75. The molecule has 0 unspecified atom stereocenters. The average molecular weight is 274 g/mol. The smallest absolute Gasteiger partial charge is 0.181 e. The first kappa shape index (κ1) is 14.5. The van der Waals surface area contributed by atoms with Crippen LogP contribution in [0.3, 0.4) is 0 Å². The molecule has 0 aliphatic carbocycles. The van der Waals surface area contributed by atoms with Crippen LogP contribution in [-0.2, 0) is 13.5 Å². The van der Waals surface area contributed by atoms with Gasteiger partial charge in [-0.1, -0.05) is 0 Å². The van der Waals surface area contributed by atoms with Crippen LogP contribution in [-0.4, -0.2) is 26.9 Å². The highest BCUT2D eigenvalue weighted by Gasteiger charge is 2.13. The Morgan fingerprint density at radius 3 is 2.40 bits per heavy atom. The van der Waals surface area contributed by atoms with Gasteiger partial charge in [-0.3, -0.25) is 4.68 Å². The van der Waals surface area contributed by atoms with Crippen molar-refractivity contribution in [2.45, 2.75) is 32.8 Å². The van der Waals surface area contributed by atoms with E-state index in [9.17, 15) is 0 Å². The van der Waals surface area contributed by atoms with Crippen LogP contribution in [0, 0.1) is 0 Å². The zero-order chi connectivity index (χ0) is 14.8. The number of nitrogens with two attached hydrogens (primary N) is 1. The number of aryl methyl sites for hydroxylation is 1. The lowest BCUT2D eigenvalue weighted by molar-refractivity contribution is 0.131. The fourth-order valence-electron chi connectivity index (χ4n) is 1.91. The van der Waals surface area contributed by atoms with E-state index in [2.05, 4.69) is 10.1 Å². The molecule has 0 bridgehead atoms. The lowest BCUT2D eigenvalue weighted by Gasteiger charge is -2.21. The largest absolute Gasteiger partial charge is 0.488 e. The highest BCUT2D eigenvalue weighted by molar-refractivity contribution is 5.55. The summed E-state index contributed by atoms with van der Waals surface area (Å²) in [6, 6.07) is 7.84. The molecule has 0 fully saturated rings. The number of ether oxygens (including phenoxy) is 1. The Hall–Kier alpha value is -1.88. The Morgan fingerprint density at radius 2 is 1.85 bits per heavy atom. The molecule has 0 atom stereocenters. The summed E-state index contributed by atoms with van der Waals surface area (Å²) in [4.78, 5) is 4.51. The second-order valence-corrected chi connectivity index (χ2v) is 5.75. The van der Waals surface area contributed by atoms with Gasteiger partial charge in [-0.25, -0.2) is 4.98 Å². The topological polar surface area (TPSA) is 66.0 Å². The summed E-state index contributed by atoms with van der Waals surface area (Å²) >= 11 is 0. The van der Waals surface area contributed by atoms with Crippen molar-refractivity contribution in [1.29, 1.82) is 0 Å². The number of rotatable bonds is 4. The Labute approximate surface area is 119 Å². The molecule has 20 heavy (non-hydrogen) atoms. The van der Waals surface area contributed by atoms with Crippen LogP contribution < -0.4 is 10.5 Å². The summed E-state index contributed by atoms with van der Waals surface area (Å²) in [5, 5.41) is 4.41. The predicted molar refractivity (Wildman–Crippen MR) is 79.6 cm³/mol. The maximum Gasteiger partial charge on any atom is 0.181 e. The Kier molecular flexibility index (Phi) is 4.09. The third-order valence-corrected chi connectivity index (χ3v) is 2.76. The lowest BCUT2D eigenvalue weighted by Crippen LogP contribution is -2.22. The number of hydrogen-bond acceptors (Lipinski definition) is 4. The zero-order valence-electron chi connectivity index (χ0n) is 12.6. The molecule has 5 heteroatoms. The third-order valence-electron chi connectivity index (χ3n) is 2.76. The van der Waals surface area contributed by atoms with Gasteiger partial charge in [0.1, 0.15) is 17.2 Å². The maximum atomic E-state index is 5.80. The van der Waals surface area contributed by atoms with E-state index in [0.717, 1.165) is 29.4 Å². The molecule has 0 aliphatic rings. The Morgan fingerprint density at radius 1 is 1.20 bits per heavy atom. The van der Waals surface area contributed by atoms with Gasteiger partial charge >= 0.3 is 0 Å². The lowest BCUT2D eigenvalue weighted by atomic mass is 10.1. The molecule has 0 amide bonds. The first-order valence-corrected chi connectivity index (χ1v) is 6.78. The molecular weight excluding hydrogens is 252 g/mol. The molecule has 0 radical (unpaired) electrons. The van der Waals surface area contributed by atoms with E-state index < -0.39 is 0 Å². The monoisotopic (exact) mass is 274 g/mol. The number of hydrogen-bond donors (Lipinski definition) is 1. The summed E-state index contributed by atoms with van der Waals surface area (Å²) in [6.07, 6.45) is 0.731. The van der Waals surface area contributed by atoms with Crippen molar-refractivity contribution in [3.05, 3.63) is 30.1 Å². The fourth-order valence-corrected chi connectivity index (χ4v) is 1.91. The summed E-state index contributed by atoms with van der Waals surface area (Å²) < 4.78 is 7.58. The van der Waals surface area contributed by atoms with Gasteiger partial charge in [0, 0.05) is 19.0 Å². The van der Waals surface area contributed by atoms with Gasteiger partial charge in [0.15, 0.2) is 5.82 Å². The molecule has 1 heterocycles. The molecular formula is C15H22N4O. The van der Waals surface area contributed by atoms with E-state index in [1.54, 1.807) is 4.68 Å². The van der Waals surface area contributed by atoms with Crippen molar-refractivity contribution >= 4 is 0 Å². The third kappa shape index (κ3) is 3.57. The quantitative estimate of drug-likeness (QED) is 0.928. The molecule has 2 aromatic rings. The van der Waals surface area contributed by atoms with Crippen LogP contribution in [0.1, 0.15) is 26.6 Å². The second kappa shape index (κ2) is 5.63. The normalized spacial score (nSPS) is 11.7. The Bertz CT molecular complexity index is 567. The van der Waals surface area contributed by atoms with Gasteiger partial charge in [0.25, 0.3) is 0 Å². The first-order valence-electron chi connectivity index (χ1n) is 6.78. The van der Waals surface area contributed by atoms with Crippen molar-refractivity contribution in [1.82, 2.24) is 14.8 Å². The molecule has 1 aromatic heterocycles. The number of nitrogens with zero attached hydrogens (tertiary/aromatic N) is 3. The SMILES string of the molecule is Cn1nc(-c2ccc(OC(C)(C)C)cc2)nc1CCN. The molecule has 0 saturated heterocycles. The Balaban J connectivity index is 2.19. The van der Waals surface area contributed by atoms with Gasteiger partial charge in [0.05, 0.1) is 0 Å². The molecule has 2 N–H and O–H groups in total. The van der Waals surface area contributed by atoms with Crippen molar-refractivity contribution in [2.24, 2.45) is 12.8 Å². The molecule has 0 saturated carbocycles. The van der Waals surface area contributed by atoms with Gasteiger partial charge in [-0.05, 0) is 51.6 Å². The highest BCUT2D eigenvalue weighted by Crippen LogP contribution is 2.22. The van der Waals surface area contributed by atoms with E-state index in [0.29, 0.717) is 6.54 Å². The van der Waals surface area contributed by atoms with Gasteiger partial charge in [-0.2, -0.15) is 5.10 Å². The molecule has 108 valence electrons. The summed E-state index contributed by atoms with van der Waals surface area (Å²) in [6.45, 7) is 6.66.